The number of alkyl halides is 2. The van der Waals surface area contributed by atoms with Gasteiger partial charge in [-0.05, 0) is 62.7 Å². The Balaban J connectivity index is 1.62. The molecule has 0 aliphatic carbocycles. The molecule has 1 saturated heterocycles. The average molecular weight is 464 g/mol. The molecule has 0 bridgehead atoms. The van der Waals surface area contributed by atoms with Gasteiger partial charge in [0.15, 0.2) is 0 Å². The predicted octanol–water partition coefficient (Wildman–Crippen LogP) is 3.47. The Morgan fingerprint density at radius 3 is 2.59 bits per heavy atom. The number of pyridine rings is 1. The van der Waals surface area contributed by atoms with Gasteiger partial charge in [0.25, 0.3) is 5.89 Å². The summed E-state index contributed by atoms with van der Waals surface area (Å²) in [5.74, 6) is -0.833. The maximum Gasteiger partial charge on any atom is 0.314 e. The summed E-state index contributed by atoms with van der Waals surface area (Å²) in [6, 6.07) is 10.5. The first kappa shape index (κ1) is 22.3. The van der Waals surface area contributed by atoms with E-state index < -0.39 is 27.6 Å². The van der Waals surface area contributed by atoms with Crippen molar-refractivity contribution in [3.63, 3.8) is 0 Å². The SMILES string of the molecule is Cc1cccc(N(Cc2ccc(-c3nnc(C(F)F)o3)cn2)S(=O)(=O)C2CCNCC2)c1. The van der Waals surface area contributed by atoms with Crippen LogP contribution >= 0.6 is 0 Å². The highest BCUT2D eigenvalue weighted by molar-refractivity contribution is 7.93. The molecule has 1 aromatic carbocycles. The van der Waals surface area contributed by atoms with Crippen LogP contribution in [0.3, 0.4) is 0 Å². The van der Waals surface area contributed by atoms with Crippen LogP contribution in [-0.2, 0) is 16.6 Å². The number of anilines is 1. The molecule has 170 valence electrons. The van der Waals surface area contributed by atoms with E-state index in [-0.39, 0.29) is 12.4 Å². The Morgan fingerprint density at radius 2 is 1.97 bits per heavy atom. The van der Waals surface area contributed by atoms with Gasteiger partial charge in [0.05, 0.1) is 28.7 Å². The molecule has 1 aliphatic heterocycles. The van der Waals surface area contributed by atoms with E-state index in [0.29, 0.717) is 42.9 Å². The number of sulfonamides is 1. The van der Waals surface area contributed by atoms with Crippen LogP contribution in [0.15, 0.2) is 47.0 Å². The van der Waals surface area contributed by atoms with Crippen molar-refractivity contribution in [2.75, 3.05) is 17.4 Å². The second-order valence-electron chi connectivity index (χ2n) is 7.62. The minimum atomic E-state index is -3.63. The lowest BCUT2D eigenvalue weighted by Crippen LogP contribution is -2.44. The molecule has 1 fully saturated rings. The fourth-order valence-corrected chi connectivity index (χ4v) is 5.53. The molecule has 32 heavy (non-hydrogen) atoms. The topological polar surface area (TPSA) is 101 Å². The third-order valence-corrected chi connectivity index (χ3v) is 7.58. The molecule has 3 aromatic rings. The summed E-state index contributed by atoms with van der Waals surface area (Å²) < 4.78 is 58.8. The number of hydrogen-bond donors (Lipinski definition) is 1. The lowest BCUT2D eigenvalue weighted by Gasteiger charge is -2.31. The van der Waals surface area contributed by atoms with Crippen molar-refractivity contribution < 1.29 is 21.6 Å². The third kappa shape index (κ3) is 4.78. The summed E-state index contributed by atoms with van der Waals surface area (Å²) in [5.41, 5.74) is 2.40. The van der Waals surface area contributed by atoms with Crippen LogP contribution in [0.4, 0.5) is 14.5 Å². The number of aryl methyl sites for hydroxylation is 1. The Hall–Kier alpha value is -2.92. The van der Waals surface area contributed by atoms with Crippen molar-refractivity contribution >= 4 is 15.7 Å². The van der Waals surface area contributed by atoms with Crippen molar-refractivity contribution in [2.24, 2.45) is 0 Å². The monoisotopic (exact) mass is 463 g/mol. The fourth-order valence-electron chi connectivity index (χ4n) is 3.62. The van der Waals surface area contributed by atoms with E-state index >= 15 is 0 Å². The van der Waals surface area contributed by atoms with Crippen LogP contribution in [-0.4, -0.2) is 41.9 Å². The lowest BCUT2D eigenvalue weighted by atomic mass is 10.2. The normalized spacial score (nSPS) is 15.2. The van der Waals surface area contributed by atoms with E-state index in [9.17, 15) is 17.2 Å². The zero-order valence-corrected chi connectivity index (χ0v) is 18.2. The Kier molecular flexibility index (Phi) is 6.47. The first-order valence-electron chi connectivity index (χ1n) is 10.2. The number of hydrogen-bond acceptors (Lipinski definition) is 7. The summed E-state index contributed by atoms with van der Waals surface area (Å²) in [6.07, 6.45) is -0.364. The number of rotatable bonds is 7. The quantitative estimate of drug-likeness (QED) is 0.573. The molecule has 8 nitrogen and oxygen atoms in total. The van der Waals surface area contributed by atoms with Crippen LogP contribution in [0.2, 0.25) is 0 Å². The molecular weight excluding hydrogens is 440 g/mol. The molecule has 0 radical (unpaired) electrons. The predicted molar refractivity (Wildman–Crippen MR) is 115 cm³/mol. The molecular formula is C21H23F2N5O3S. The minimum absolute atomic E-state index is 0.0438. The first-order valence-corrected chi connectivity index (χ1v) is 11.7. The smallest absolute Gasteiger partial charge is 0.314 e. The van der Waals surface area contributed by atoms with Crippen molar-refractivity contribution in [1.82, 2.24) is 20.5 Å². The number of benzene rings is 1. The second-order valence-corrected chi connectivity index (χ2v) is 9.76. The third-order valence-electron chi connectivity index (χ3n) is 5.31. The van der Waals surface area contributed by atoms with Crippen molar-refractivity contribution in [3.8, 4) is 11.5 Å². The van der Waals surface area contributed by atoms with Gasteiger partial charge in [0, 0.05) is 6.20 Å². The van der Waals surface area contributed by atoms with E-state index in [1.165, 1.54) is 10.5 Å². The second kappa shape index (κ2) is 9.29. The van der Waals surface area contributed by atoms with Gasteiger partial charge < -0.3 is 9.73 Å². The molecule has 0 saturated carbocycles. The summed E-state index contributed by atoms with van der Waals surface area (Å²) >= 11 is 0. The van der Waals surface area contributed by atoms with E-state index in [2.05, 4.69) is 20.5 Å². The maximum absolute atomic E-state index is 13.5. The van der Waals surface area contributed by atoms with Gasteiger partial charge in [0.2, 0.25) is 15.9 Å². The molecule has 1 aliphatic rings. The van der Waals surface area contributed by atoms with Crippen LogP contribution in [0, 0.1) is 6.92 Å². The van der Waals surface area contributed by atoms with Gasteiger partial charge >= 0.3 is 6.43 Å². The van der Waals surface area contributed by atoms with Crippen LogP contribution in [0.25, 0.3) is 11.5 Å². The largest absolute Gasteiger partial charge is 0.415 e. The molecule has 3 heterocycles. The van der Waals surface area contributed by atoms with Crippen molar-refractivity contribution in [3.05, 3.63) is 59.7 Å². The highest BCUT2D eigenvalue weighted by Crippen LogP contribution is 2.28. The zero-order valence-electron chi connectivity index (χ0n) is 17.4. The number of aromatic nitrogens is 3. The van der Waals surface area contributed by atoms with Gasteiger partial charge in [-0.1, -0.05) is 12.1 Å². The van der Waals surface area contributed by atoms with Crippen LogP contribution < -0.4 is 9.62 Å². The van der Waals surface area contributed by atoms with Gasteiger partial charge in [0.1, 0.15) is 0 Å². The van der Waals surface area contributed by atoms with Crippen molar-refractivity contribution in [2.45, 2.75) is 38.0 Å². The molecule has 11 heteroatoms. The molecule has 0 amide bonds. The first-order chi connectivity index (χ1) is 15.3. The number of nitrogens with one attached hydrogen (secondary N) is 1. The summed E-state index contributed by atoms with van der Waals surface area (Å²) in [7, 11) is -3.63. The van der Waals surface area contributed by atoms with Crippen molar-refractivity contribution in [1.29, 1.82) is 0 Å². The number of halogens is 2. The number of piperidine rings is 1. The van der Waals surface area contributed by atoms with E-state index in [1.807, 2.05) is 25.1 Å². The van der Waals surface area contributed by atoms with E-state index in [4.69, 9.17) is 4.42 Å². The molecule has 1 N–H and O–H groups in total. The fraction of sp³-hybridized carbons (Fsp3) is 0.381. The van der Waals surface area contributed by atoms with E-state index in [0.717, 1.165) is 5.56 Å². The highest BCUT2D eigenvalue weighted by atomic mass is 32.2. The number of nitrogens with zero attached hydrogens (tertiary/aromatic N) is 4. The Bertz CT molecular complexity index is 1160. The van der Waals surface area contributed by atoms with Gasteiger partial charge in [-0.3, -0.25) is 9.29 Å². The maximum atomic E-state index is 13.5. The van der Waals surface area contributed by atoms with Crippen LogP contribution in [0.5, 0.6) is 0 Å². The molecule has 4 rings (SSSR count). The molecule has 0 atom stereocenters. The Morgan fingerprint density at radius 1 is 1.19 bits per heavy atom. The van der Waals surface area contributed by atoms with Crippen LogP contribution in [0.1, 0.15) is 36.4 Å². The van der Waals surface area contributed by atoms with Gasteiger partial charge in [-0.25, -0.2) is 8.42 Å². The average Bonchev–Trinajstić information content (AvgIpc) is 3.29. The Labute approximate surface area is 184 Å². The zero-order chi connectivity index (χ0) is 22.7. The van der Waals surface area contributed by atoms with Gasteiger partial charge in [-0.15, -0.1) is 10.2 Å². The summed E-state index contributed by atoms with van der Waals surface area (Å²) in [4.78, 5) is 4.32. The lowest BCUT2D eigenvalue weighted by molar-refractivity contribution is 0.116. The standard InChI is InChI=1S/C21H23F2N5O3S/c1-14-3-2-4-17(11-14)28(32(29,30)18-7-9-24-10-8-18)13-16-6-5-15(12-25-16)20-26-27-21(31-20)19(22)23/h2-6,11-12,18-19,24H,7-10,13H2,1H3. The minimum Gasteiger partial charge on any atom is -0.415 e. The molecule has 0 spiro atoms. The van der Waals surface area contributed by atoms with Gasteiger partial charge in [-0.2, -0.15) is 8.78 Å². The highest BCUT2D eigenvalue weighted by Gasteiger charge is 2.33. The molecule has 2 aromatic heterocycles. The summed E-state index contributed by atoms with van der Waals surface area (Å²) in [6.45, 7) is 3.26. The summed E-state index contributed by atoms with van der Waals surface area (Å²) in [5, 5.41) is 9.63. The molecule has 0 unspecified atom stereocenters. The van der Waals surface area contributed by atoms with E-state index in [1.54, 1.807) is 18.2 Å².